The molecule has 2 aromatic heterocycles. The van der Waals surface area contributed by atoms with E-state index in [2.05, 4.69) is 32.9 Å². The van der Waals surface area contributed by atoms with Gasteiger partial charge >= 0.3 is 0 Å². The highest BCUT2D eigenvalue weighted by molar-refractivity contribution is 14.1. The minimum Gasteiger partial charge on any atom is -0.236 e. The fourth-order valence-corrected chi connectivity index (χ4v) is 1.36. The summed E-state index contributed by atoms with van der Waals surface area (Å²) in [4.78, 5) is 4.13. The molecule has 0 saturated heterocycles. The lowest BCUT2D eigenvalue weighted by Crippen LogP contribution is -1.81. The normalized spacial score (nSPS) is 10.5. The van der Waals surface area contributed by atoms with Gasteiger partial charge in [0.15, 0.2) is 5.65 Å². The second-order valence-corrected chi connectivity index (χ2v) is 2.83. The first kappa shape index (κ1) is 6.09. The molecule has 0 aliphatic heterocycles. The van der Waals surface area contributed by atoms with Crippen LogP contribution in [0.3, 0.4) is 0 Å². The fraction of sp³-hybridized carbons (Fsp3) is 0. The Bertz CT molecular complexity index is 355. The van der Waals surface area contributed by atoms with E-state index in [9.17, 15) is 0 Å². The van der Waals surface area contributed by atoms with Crippen LogP contribution in [0.4, 0.5) is 0 Å². The van der Waals surface area contributed by atoms with Gasteiger partial charge in [0.05, 0.1) is 29.1 Å². The zero-order chi connectivity index (χ0) is 6.97. The summed E-state index contributed by atoms with van der Waals surface area (Å²) in [6.07, 6.45) is 3.56. The van der Waals surface area contributed by atoms with Gasteiger partial charge in [-0.25, -0.2) is 4.98 Å². The molecule has 0 aromatic carbocycles. The molecule has 0 fully saturated rings. The Morgan fingerprint density at radius 1 is 1.50 bits per heavy atom. The van der Waals surface area contributed by atoms with Crippen LogP contribution >= 0.6 is 22.9 Å². The van der Waals surface area contributed by atoms with E-state index in [1.165, 1.54) is 0 Å². The predicted molar refractivity (Wildman–Crippen MR) is 46.9 cm³/mol. The van der Waals surface area contributed by atoms with E-state index in [1.54, 1.807) is 15.3 Å². The van der Waals surface area contributed by atoms with Gasteiger partial charge in [0.2, 0.25) is 0 Å². The van der Waals surface area contributed by atoms with Gasteiger partial charge in [0.1, 0.15) is 0 Å². The average molecular weight is 245 g/mol. The first-order chi connectivity index (χ1) is 4.88. The molecule has 0 N–H and O–H groups in total. The third-order valence-electron chi connectivity index (χ3n) is 1.29. The predicted octanol–water partition coefficient (Wildman–Crippen LogP) is 1.63. The molecular weight excluding hydrogens is 241 g/mol. The molecule has 3 nitrogen and oxygen atoms in total. The van der Waals surface area contributed by atoms with Gasteiger partial charge in [-0.1, -0.05) is 0 Å². The molecule has 0 spiro atoms. The lowest BCUT2D eigenvalue weighted by atomic mass is 10.4. The molecule has 2 heterocycles. The van der Waals surface area contributed by atoms with Crippen molar-refractivity contribution in [3.05, 3.63) is 24.5 Å². The summed E-state index contributed by atoms with van der Waals surface area (Å²) in [5.41, 5.74) is 0.920. The summed E-state index contributed by atoms with van der Waals surface area (Å²) in [6.45, 7) is 0. The van der Waals surface area contributed by atoms with Crippen molar-refractivity contribution in [2.24, 2.45) is 0 Å². The van der Waals surface area contributed by atoms with Gasteiger partial charge in [0.25, 0.3) is 0 Å². The zero-order valence-electron chi connectivity index (χ0n) is 5.03. The van der Waals surface area contributed by atoms with Crippen LogP contribution < -0.4 is 0 Å². The lowest BCUT2D eigenvalue weighted by molar-refractivity contribution is 1.06. The molecule has 0 saturated carbocycles. The maximum Gasteiger partial charge on any atom is 0.168 e. The molecule has 0 atom stereocenters. The van der Waals surface area contributed by atoms with Crippen molar-refractivity contribution in [1.29, 1.82) is 0 Å². The number of fused-ring (bicyclic) bond motifs is 1. The third-order valence-corrected chi connectivity index (χ3v) is 2.00. The van der Waals surface area contributed by atoms with Crippen LogP contribution in [0.2, 0.25) is 0 Å². The van der Waals surface area contributed by atoms with Gasteiger partial charge in [-0.05, 0) is 12.1 Å². The summed E-state index contributed by atoms with van der Waals surface area (Å²) in [6, 6.07) is 3.89. The lowest BCUT2D eigenvalue weighted by Gasteiger charge is -1.86. The summed E-state index contributed by atoms with van der Waals surface area (Å²) in [5.74, 6) is 0. The van der Waals surface area contributed by atoms with Crippen LogP contribution in [0.25, 0.3) is 11.0 Å². The van der Waals surface area contributed by atoms with Crippen LogP contribution in [0, 0.1) is 0 Å². The van der Waals surface area contributed by atoms with E-state index in [4.69, 9.17) is 0 Å². The Balaban J connectivity index is 2.93. The summed E-state index contributed by atoms with van der Waals surface area (Å²) < 4.78 is 1.73. The summed E-state index contributed by atoms with van der Waals surface area (Å²) >= 11 is 2.10. The SMILES string of the molecule is In1ncc2cccnc21. The molecule has 0 bridgehead atoms. The van der Waals surface area contributed by atoms with Crippen LogP contribution in [0.5, 0.6) is 0 Å². The Morgan fingerprint density at radius 3 is 3.20 bits per heavy atom. The molecule has 10 heavy (non-hydrogen) atoms. The van der Waals surface area contributed by atoms with Crippen LogP contribution in [0.15, 0.2) is 24.5 Å². The maximum atomic E-state index is 4.13. The second-order valence-electron chi connectivity index (χ2n) is 1.92. The highest BCUT2D eigenvalue weighted by atomic mass is 127. The summed E-state index contributed by atoms with van der Waals surface area (Å²) in [5, 5.41) is 5.12. The Labute approximate surface area is 71.6 Å². The number of hydrogen-bond acceptors (Lipinski definition) is 2. The van der Waals surface area contributed by atoms with Crippen LogP contribution in [-0.2, 0) is 0 Å². The molecule has 50 valence electrons. The van der Waals surface area contributed by atoms with E-state index in [-0.39, 0.29) is 0 Å². The molecule has 0 aliphatic carbocycles. The van der Waals surface area contributed by atoms with Crippen molar-refractivity contribution in [1.82, 2.24) is 13.0 Å². The first-order valence-corrected chi connectivity index (χ1v) is 3.79. The van der Waals surface area contributed by atoms with Gasteiger partial charge in [-0.2, -0.15) is 7.99 Å². The van der Waals surface area contributed by atoms with Gasteiger partial charge in [-0.3, -0.25) is 0 Å². The molecule has 0 aliphatic rings. The molecule has 4 heteroatoms. The molecular formula is C6H4IN3. The Morgan fingerprint density at radius 2 is 2.40 bits per heavy atom. The van der Waals surface area contributed by atoms with Crippen molar-refractivity contribution in [2.75, 3.05) is 0 Å². The van der Waals surface area contributed by atoms with E-state index in [1.807, 2.05) is 12.1 Å². The van der Waals surface area contributed by atoms with Crippen molar-refractivity contribution in [2.45, 2.75) is 0 Å². The van der Waals surface area contributed by atoms with Gasteiger partial charge in [0, 0.05) is 11.6 Å². The van der Waals surface area contributed by atoms with Crippen LogP contribution in [0.1, 0.15) is 0 Å². The maximum absolute atomic E-state index is 4.13. The van der Waals surface area contributed by atoms with Gasteiger partial charge < -0.3 is 0 Å². The molecule has 2 aromatic rings. The first-order valence-electron chi connectivity index (χ1n) is 2.83. The number of halogens is 1. The second kappa shape index (κ2) is 2.19. The smallest absolute Gasteiger partial charge is 0.168 e. The molecule has 2 rings (SSSR count). The highest BCUT2D eigenvalue weighted by Gasteiger charge is 1.97. The highest BCUT2D eigenvalue weighted by Crippen LogP contribution is 2.10. The Hall–Kier alpha value is -0.650. The minimum absolute atomic E-state index is 0.920. The average Bonchev–Trinajstić information content (AvgIpc) is 2.34. The third kappa shape index (κ3) is 0.792. The largest absolute Gasteiger partial charge is 0.236 e. The summed E-state index contributed by atoms with van der Waals surface area (Å²) in [7, 11) is 0. The van der Waals surface area contributed by atoms with E-state index >= 15 is 0 Å². The van der Waals surface area contributed by atoms with Crippen molar-refractivity contribution in [3.63, 3.8) is 0 Å². The topological polar surface area (TPSA) is 30.7 Å². The number of nitrogens with zero attached hydrogens (tertiary/aromatic N) is 3. The zero-order valence-corrected chi connectivity index (χ0v) is 7.19. The van der Waals surface area contributed by atoms with Crippen molar-refractivity contribution >= 4 is 33.9 Å². The number of hydrogen-bond donors (Lipinski definition) is 0. The van der Waals surface area contributed by atoms with E-state index in [0.717, 1.165) is 11.0 Å². The minimum atomic E-state index is 0.920. The van der Waals surface area contributed by atoms with E-state index in [0.29, 0.717) is 0 Å². The fourth-order valence-electron chi connectivity index (χ4n) is 0.832. The standard InChI is InChI=1S/C6H4IN3/c7-10-6-5(4-9-10)2-1-3-8-6/h1-4H. The Kier molecular flexibility index (Phi) is 1.33. The molecule has 0 unspecified atom stereocenters. The number of pyridine rings is 1. The van der Waals surface area contributed by atoms with Crippen molar-refractivity contribution < 1.29 is 0 Å². The van der Waals surface area contributed by atoms with Crippen molar-refractivity contribution in [3.8, 4) is 0 Å². The van der Waals surface area contributed by atoms with Crippen LogP contribution in [-0.4, -0.2) is 13.0 Å². The number of rotatable bonds is 0. The quantitative estimate of drug-likeness (QED) is 0.660. The molecule has 0 amide bonds. The molecule has 0 radical (unpaired) electrons. The van der Waals surface area contributed by atoms with Gasteiger partial charge in [-0.15, -0.1) is 0 Å². The van der Waals surface area contributed by atoms with E-state index < -0.39 is 0 Å². The number of aromatic nitrogens is 3. The monoisotopic (exact) mass is 245 g/mol.